The van der Waals surface area contributed by atoms with Crippen molar-refractivity contribution in [2.45, 2.75) is 26.2 Å². The van der Waals surface area contributed by atoms with Crippen LogP contribution in [0.4, 0.5) is 22.7 Å². The molecule has 0 unspecified atom stereocenters. The van der Waals surface area contributed by atoms with Crippen LogP contribution in [0, 0.1) is 5.41 Å². The van der Waals surface area contributed by atoms with Crippen molar-refractivity contribution >= 4 is 29.0 Å². The Labute approximate surface area is 150 Å². The average molecular weight is 336 g/mol. The van der Waals surface area contributed by atoms with Crippen LogP contribution >= 0.6 is 0 Å². The maximum atomic E-state index is 7.22. The smallest absolute Gasteiger partial charge is 0.0385 e. The monoisotopic (exact) mass is 336 g/mol. The highest BCUT2D eigenvalue weighted by Crippen LogP contribution is 2.22. The van der Waals surface area contributed by atoms with Crippen LogP contribution in [0.2, 0.25) is 0 Å². The third-order valence-corrected chi connectivity index (χ3v) is 4.06. The molecule has 0 aromatic heterocycles. The van der Waals surface area contributed by atoms with E-state index in [9.17, 15) is 0 Å². The third-order valence-electron chi connectivity index (χ3n) is 4.06. The van der Waals surface area contributed by atoms with E-state index in [1.165, 1.54) is 11.9 Å². The summed E-state index contributed by atoms with van der Waals surface area (Å²) in [6.45, 7) is 8.07. The van der Waals surface area contributed by atoms with Crippen molar-refractivity contribution in [2.24, 2.45) is 0 Å². The average Bonchev–Trinajstić information content (AvgIpc) is 2.63. The van der Waals surface area contributed by atoms with Crippen LogP contribution in [0.25, 0.3) is 0 Å². The molecule has 0 bridgehead atoms. The van der Waals surface area contributed by atoms with Crippen LogP contribution in [0.3, 0.4) is 0 Å². The summed E-state index contributed by atoms with van der Waals surface area (Å²) in [6, 6.07) is 16.2. The molecule has 0 saturated heterocycles. The number of anilines is 4. The van der Waals surface area contributed by atoms with Crippen molar-refractivity contribution in [3.05, 3.63) is 60.7 Å². The molecule has 0 radical (unpaired) electrons. The lowest BCUT2D eigenvalue weighted by Gasteiger charge is -2.24. The van der Waals surface area contributed by atoms with E-state index in [4.69, 9.17) is 11.1 Å². The van der Waals surface area contributed by atoms with Gasteiger partial charge in [0.05, 0.1) is 0 Å². The highest BCUT2D eigenvalue weighted by molar-refractivity contribution is 5.74. The van der Waals surface area contributed by atoms with Crippen molar-refractivity contribution in [1.29, 1.82) is 5.41 Å². The van der Waals surface area contributed by atoms with Crippen LogP contribution in [-0.2, 0) is 0 Å². The Morgan fingerprint density at radius 2 is 1.68 bits per heavy atom. The lowest BCUT2D eigenvalue weighted by atomic mass is 10.1. The molecular weight excluding hydrogens is 308 g/mol. The molecule has 25 heavy (non-hydrogen) atoms. The number of rotatable bonds is 10. The standard InChI is InChI=1S/C21H28N4/c1-3-14-25(15-4-5-17(2)16-22)21-12-10-20(11-13-21)24-19-8-6-18(23)7-9-19/h6-13,16,22,24H,2-5,14-15,23H2,1H3. The summed E-state index contributed by atoms with van der Waals surface area (Å²) in [7, 11) is 0. The van der Waals surface area contributed by atoms with Crippen molar-refractivity contribution < 1.29 is 0 Å². The topological polar surface area (TPSA) is 65.1 Å². The lowest BCUT2D eigenvalue weighted by Crippen LogP contribution is -2.25. The first kappa shape index (κ1) is 18.6. The fourth-order valence-corrected chi connectivity index (χ4v) is 2.70. The van der Waals surface area contributed by atoms with E-state index < -0.39 is 0 Å². The molecule has 0 saturated carbocycles. The third kappa shape index (κ3) is 5.99. The zero-order valence-electron chi connectivity index (χ0n) is 15.0. The van der Waals surface area contributed by atoms with Gasteiger partial charge in [-0.05, 0) is 73.4 Å². The van der Waals surface area contributed by atoms with Gasteiger partial charge >= 0.3 is 0 Å². The van der Waals surface area contributed by atoms with Crippen LogP contribution in [-0.4, -0.2) is 19.3 Å². The Bertz CT molecular complexity index is 674. The van der Waals surface area contributed by atoms with Gasteiger partial charge in [-0.15, -0.1) is 0 Å². The van der Waals surface area contributed by atoms with E-state index >= 15 is 0 Å². The van der Waals surface area contributed by atoms with Gasteiger partial charge in [0, 0.05) is 42.1 Å². The molecule has 0 aliphatic rings. The Kier molecular flexibility index (Phi) is 7.08. The van der Waals surface area contributed by atoms with Crippen molar-refractivity contribution in [1.82, 2.24) is 0 Å². The van der Waals surface area contributed by atoms with Crippen molar-refractivity contribution in [3.63, 3.8) is 0 Å². The van der Waals surface area contributed by atoms with E-state index in [1.54, 1.807) is 0 Å². The van der Waals surface area contributed by atoms with Crippen LogP contribution in [0.1, 0.15) is 26.2 Å². The number of benzene rings is 2. The van der Waals surface area contributed by atoms with Gasteiger partial charge in [0.25, 0.3) is 0 Å². The number of nitrogens with zero attached hydrogens (tertiary/aromatic N) is 1. The van der Waals surface area contributed by atoms with E-state index in [2.05, 4.69) is 48.0 Å². The Hall–Kier alpha value is -2.75. The van der Waals surface area contributed by atoms with Gasteiger partial charge in [0.1, 0.15) is 0 Å². The van der Waals surface area contributed by atoms with Crippen LogP contribution < -0.4 is 16.0 Å². The van der Waals surface area contributed by atoms with Gasteiger partial charge in [-0.1, -0.05) is 13.5 Å². The minimum atomic E-state index is 0.766. The van der Waals surface area contributed by atoms with Gasteiger partial charge in [-0.3, -0.25) is 0 Å². The van der Waals surface area contributed by atoms with E-state index in [0.717, 1.165) is 55.0 Å². The molecular formula is C21H28N4. The Morgan fingerprint density at radius 3 is 2.24 bits per heavy atom. The summed E-state index contributed by atoms with van der Waals surface area (Å²) in [5.74, 6) is 0. The molecule has 0 spiro atoms. The highest BCUT2D eigenvalue weighted by Gasteiger charge is 2.06. The largest absolute Gasteiger partial charge is 0.399 e. The second kappa shape index (κ2) is 9.52. The minimum Gasteiger partial charge on any atom is -0.399 e. The Morgan fingerprint density at radius 1 is 1.08 bits per heavy atom. The molecule has 0 amide bonds. The first-order valence-corrected chi connectivity index (χ1v) is 8.78. The normalized spacial score (nSPS) is 10.3. The number of hydrogen-bond acceptors (Lipinski definition) is 4. The Balaban J connectivity index is 1.98. The summed E-state index contributed by atoms with van der Waals surface area (Å²) in [5.41, 5.74) is 10.7. The molecule has 2 aromatic carbocycles. The summed E-state index contributed by atoms with van der Waals surface area (Å²) in [6.07, 6.45) is 4.35. The maximum Gasteiger partial charge on any atom is 0.0385 e. The second-order valence-electron chi connectivity index (χ2n) is 6.19. The molecule has 132 valence electrons. The molecule has 0 aliphatic heterocycles. The van der Waals surface area contributed by atoms with Crippen molar-refractivity contribution in [2.75, 3.05) is 29.0 Å². The van der Waals surface area contributed by atoms with Crippen LogP contribution in [0.15, 0.2) is 60.7 Å². The zero-order chi connectivity index (χ0) is 18.1. The van der Waals surface area contributed by atoms with Gasteiger partial charge in [0.15, 0.2) is 0 Å². The van der Waals surface area contributed by atoms with E-state index in [1.807, 2.05) is 24.3 Å². The number of nitrogens with two attached hydrogens (primary N) is 1. The molecule has 0 fully saturated rings. The number of hydrogen-bond donors (Lipinski definition) is 3. The predicted octanol–water partition coefficient (Wildman–Crippen LogP) is 5.21. The summed E-state index contributed by atoms with van der Waals surface area (Å²) >= 11 is 0. The fourth-order valence-electron chi connectivity index (χ4n) is 2.70. The summed E-state index contributed by atoms with van der Waals surface area (Å²) in [5, 5.41) is 10.6. The number of nitrogen functional groups attached to an aromatic ring is 1. The minimum absolute atomic E-state index is 0.766. The molecule has 2 rings (SSSR count). The van der Waals surface area contributed by atoms with Crippen molar-refractivity contribution in [3.8, 4) is 0 Å². The molecule has 4 nitrogen and oxygen atoms in total. The van der Waals surface area contributed by atoms with Gasteiger partial charge in [-0.2, -0.15) is 0 Å². The summed E-state index contributed by atoms with van der Waals surface area (Å²) in [4.78, 5) is 2.39. The fraction of sp³-hybridized carbons (Fsp3) is 0.286. The zero-order valence-corrected chi connectivity index (χ0v) is 15.0. The van der Waals surface area contributed by atoms with Gasteiger partial charge in [0.2, 0.25) is 0 Å². The molecule has 0 atom stereocenters. The second-order valence-corrected chi connectivity index (χ2v) is 6.19. The predicted molar refractivity (Wildman–Crippen MR) is 110 cm³/mol. The van der Waals surface area contributed by atoms with E-state index in [0.29, 0.717) is 0 Å². The highest BCUT2D eigenvalue weighted by atomic mass is 15.1. The molecule has 0 aliphatic carbocycles. The molecule has 0 heterocycles. The number of allylic oxidation sites excluding steroid dienone is 1. The van der Waals surface area contributed by atoms with Crippen LogP contribution in [0.5, 0.6) is 0 Å². The molecule has 4 N–H and O–H groups in total. The van der Waals surface area contributed by atoms with E-state index in [-0.39, 0.29) is 0 Å². The summed E-state index contributed by atoms with van der Waals surface area (Å²) < 4.78 is 0. The van der Waals surface area contributed by atoms with Gasteiger partial charge in [-0.25, -0.2) is 0 Å². The number of nitrogens with one attached hydrogen (secondary N) is 2. The SMILES string of the molecule is C=C(C=N)CCCN(CCC)c1ccc(Nc2ccc(N)cc2)cc1. The van der Waals surface area contributed by atoms with Gasteiger partial charge < -0.3 is 21.4 Å². The molecule has 2 aromatic rings. The quantitative estimate of drug-likeness (QED) is 0.412. The first-order chi connectivity index (χ1) is 12.1. The molecule has 4 heteroatoms. The first-order valence-electron chi connectivity index (χ1n) is 8.78. The lowest BCUT2D eigenvalue weighted by molar-refractivity contribution is 0.718. The maximum absolute atomic E-state index is 7.22.